The van der Waals surface area contributed by atoms with Crippen LogP contribution in [0.2, 0.25) is 0 Å². The SMILES string of the molecule is c1ccc(-c2c3ccccc3c(-c3ccc(-c4ccc5sc6c(ccc7c6ccc6oc8ccccc8c67)c5c4)cc3)c3ccccc23)cc1. The summed E-state index contributed by atoms with van der Waals surface area (Å²) in [5.74, 6) is 0. The maximum absolute atomic E-state index is 6.20. The van der Waals surface area contributed by atoms with Gasteiger partial charge in [0, 0.05) is 36.3 Å². The van der Waals surface area contributed by atoms with Crippen LogP contribution in [0.25, 0.3) is 108 Å². The third-order valence-corrected chi connectivity index (χ3v) is 11.7. The smallest absolute Gasteiger partial charge is 0.136 e. The predicted octanol–water partition coefficient (Wildman–Crippen LogP) is 14.4. The van der Waals surface area contributed by atoms with Crippen molar-refractivity contribution in [2.24, 2.45) is 0 Å². The fourth-order valence-electron chi connectivity index (χ4n) is 8.23. The zero-order valence-electron chi connectivity index (χ0n) is 27.0. The Morgan fingerprint density at radius 1 is 0.320 bits per heavy atom. The van der Waals surface area contributed by atoms with Crippen molar-refractivity contribution in [3.8, 4) is 33.4 Å². The molecule has 0 spiro atoms. The first-order valence-corrected chi connectivity index (χ1v) is 17.9. The van der Waals surface area contributed by atoms with Gasteiger partial charge in [0.15, 0.2) is 0 Å². The average molecular weight is 653 g/mol. The second-order valence-corrected chi connectivity index (χ2v) is 14.2. The molecule has 0 bridgehead atoms. The summed E-state index contributed by atoms with van der Waals surface area (Å²) in [6.07, 6.45) is 0. The predicted molar refractivity (Wildman–Crippen MR) is 215 cm³/mol. The number of benzene rings is 9. The molecule has 9 aromatic carbocycles. The maximum atomic E-state index is 6.20. The first-order valence-electron chi connectivity index (χ1n) is 17.1. The fourth-order valence-corrected chi connectivity index (χ4v) is 9.44. The van der Waals surface area contributed by atoms with Crippen molar-refractivity contribution in [1.29, 1.82) is 0 Å². The van der Waals surface area contributed by atoms with E-state index in [0.29, 0.717) is 0 Å². The van der Waals surface area contributed by atoms with Gasteiger partial charge in [-0.2, -0.15) is 0 Å². The van der Waals surface area contributed by atoms with Crippen LogP contribution in [0.4, 0.5) is 0 Å². The van der Waals surface area contributed by atoms with Gasteiger partial charge in [-0.25, -0.2) is 0 Å². The van der Waals surface area contributed by atoms with E-state index in [-0.39, 0.29) is 0 Å². The topological polar surface area (TPSA) is 13.1 Å². The van der Waals surface area contributed by atoms with E-state index in [2.05, 4.69) is 164 Å². The van der Waals surface area contributed by atoms with Gasteiger partial charge in [0.05, 0.1) is 0 Å². The summed E-state index contributed by atoms with van der Waals surface area (Å²) >= 11 is 1.88. The molecule has 0 aliphatic carbocycles. The first kappa shape index (κ1) is 27.7. The Morgan fingerprint density at radius 2 is 0.840 bits per heavy atom. The Morgan fingerprint density at radius 3 is 1.54 bits per heavy atom. The van der Waals surface area contributed by atoms with Gasteiger partial charge in [-0.1, -0.05) is 140 Å². The standard InChI is InChI=1S/C48H28OS/c1-2-10-30(11-3-1)45-33-12-4-6-14-35(33)46(36-15-7-5-13-34(36)45)31-20-18-29(19-21-31)32-22-27-44-41(28-32)39-24-23-37-38(48(39)50-44)25-26-43-47(37)40-16-8-9-17-42(40)49-43/h1-28H. The van der Waals surface area contributed by atoms with Crippen LogP contribution < -0.4 is 0 Å². The molecular formula is C48H28OS. The minimum absolute atomic E-state index is 0.938. The highest BCUT2D eigenvalue weighted by molar-refractivity contribution is 7.26. The molecule has 232 valence electrons. The van der Waals surface area contributed by atoms with Crippen LogP contribution in [0.3, 0.4) is 0 Å². The Balaban J connectivity index is 1.05. The van der Waals surface area contributed by atoms with Crippen LogP contribution in [0.1, 0.15) is 0 Å². The van der Waals surface area contributed by atoms with Crippen molar-refractivity contribution < 1.29 is 4.42 Å². The lowest BCUT2D eigenvalue weighted by Crippen LogP contribution is -1.90. The lowest BCUT2D eigenvalue weighted by atomic mass is 9.86. The fraction of sp³-hybridized carbons (Fsp3) is 0. The molecule has 0 unspecified atom stereocenters. The van der Waals surface area contributed by atoms with E-state index in [4.69, 9.17) is 4.42 Å². The second-order valence-electron chi connectivity index (χ2n) is 13.2. The average Bonchev–Trinajstić information content (AvgIpc) is 3.76. The lowest BCUT2D eigenvalue weighted by molar-refractivity contribution is 0.669. The summed E-state index contributed by atoms with van der Waals surface area (Å²) < 4.78 is 8.84. The number of hydrogen-bond donors (Lipinski definition) is 0. The zero-order valence-corrected chi connectivity index (χ0v) is 27.8. The van der Waals surface area contributed by atoms with Crippen molar-refractivity contribution in [1.82, 2.24) is 0 Å². The minimum atomic E-state index is 0.938. The van der Waals surface area contributed by atoms with Crippen molar-refractivity contribution in [3.63, 3.8) is 0 Å². The largest absolute Gasteiger partial charge is 0.456 e. The maximum Gasteiger partial charge on any atom is 0.136 e. The van der Waals surface area contributed by atoms with Gasteiger partial charge in [-0.05, 0) is 90.6 Å². The van der Waals surface area contributed by atoms with E-state index in [0.717, 1.165) is 11.2 Å². The molecule has 0 radical (unpaired) electrons. The van der Waals surface area contributed by atoms with E-state index >= 15 is 0 Å². The molecule has 2 aromatic heterocycles. The molecule has 0 N–H and O–H groups in total. The van der Waals surface area contributed by atoms with Crippen molar-refractivity contribution in [3.05, 3.63) is 170 Å². The molecule has 0 saturated carbocycles. The lowest BCUT2D eigenvalue weighted by Gasteiger charge is -2.18. The molecule has 1 nitrogen and oxygen atoms in total. The van der Waals surface area contributed by atoms with Crippen LogP contribution in [0.15, 0.2) is 174 Å². The van der Waals surface area contributed by atoms with Crippen molar-refractivity contribution >= 4 is 85.8 Å². The van der Waals surface area contributed by atoms with E-state index in [9.17, 15) is 0 Å². The van der Waals surface area contributed by atoms with E-state index < -0.39 is 0 Å². The third-order valence-electron chi connectivity index (χ3n) is 10.5. The summed E-state index contributed by atoms with van der Waals surface area (Å²) in [6.45, 7) is 0. The first-order chi connectivity index (χ1) is 24.8. The highest BCUT2D eigenvalue weighted by atomic mass is 32.1. The van der Waals surface area contributed by atoms with E-state index in [1.807, 2.05) is 17.4 Å². The van der Waals surface area contributed by atoms with Gasteiger partial charge in [0.1, 0.15) is 11.2 Å². The van der Waals surface area contributed by atoms with Crippen LogP contribution in [-0.2, 0) is 0 Å². The summed E-state index contributed by atoms with van der Waals surface area (Å²) in [7, 11) is 0. The molecule has 11 rings (SSSR count). The normalized spacial score (nSPS) is 12.0. The molecule has 11 aromatic rings. The van der Waals surface area contributed by atoms with E-state index in [1.54, 1.807) is 0 Å². The number of para-hydroxylation sites is 1. The van der Waals surface area contributed by atoms with Gasteiger partial charge >= 0.3 is 0 Å². The highest BCUT2D eigenvalue weighted by Gasteiger charge is 2.18. The van der Waals surface area contributed by atoms with Gasteiger partial charge < -0.3 is 4.42 Å². The van der Waals surface area contributed by atoms with Gasteiger partial charge in [-0.15, -0.1) is 11.3 Å². The summed E-state index contributed by atoms with van der Waals surface area (Å²) in [6, 6.07) is 61.9. The summed E-state index contributed by atoms with van der Waals surface area (Å²) in [5.41, 5.74) is 9.38. The second kappa shape index (κ2) is 10.6. The molecule has 50 heavy (non-hydrogen) atoms. The Kier molecular flexibility index (Phi) is 5.89. The number of fused-ring (bicyclic) bond motifs is 11. The zero-order chi connectivity index (χ0) is 32.8. The Bertz CT molecular complexity index is 3070. The quantitative estimate of drug-likeness (QED) is 0.173. The molecule has 2 heterocycles. The highest BCUT2D eigenvalue weighted by Crippen LogP contribution is 2.45. The molecule has 2 heteroatoms. The number of thiophene rings is 1. The summed E-state index contributed by atoms with van der Waals surface area (Å²) in [5, 5.41) is 12.6. The Hall–Kier alpha value is -6.22. The van der Waals surface area contributed by atoms with Crippen LogP contribution >= 0.6 is 11.3 Å². The molecule has 0 saturated heterocycles. The molecular weight excluding hydrogens is 625 g/mol. The van der Waals surface area contributed by atoms with E-state index in [1.165, 1.54) is 96.6 Å². The van der Waals surface area contributed by atoms with Gasteiger partial charge in [0.2, 0.25) is 0 Å². The monoisotopic (exact) mass is 652 g/mol. The van der Waals surface area contributed by atoms with Gasteiger partial charge in [0.25, 0.3) is 0 Å². The molecule has 0 fully saturated rings. The van der Waals surface area contributed by atoms with Crippen LogP contribution in [-0.4, -0.2) is 0 Å². The molecule has 0 aliphatic rings. The number of hydrogen-bond acceptors (Lipinski definition) is 2. The molecule has 0 aliphatic heterocycles. The minimum Gasteiger partial charge on any atom is -0.456 e. The van der Waals surface area contributed by atoms with Crippen LogP contribution in [0.5, 0.6) is 0 Å². The van der Waals surface area contributed by atoms with Crippen molar-refractivity contribution in [2.75, 3.05) is 0 Å². The number of furan rings is 1. The van der Waals surface area contributed by atoms with Gasteiger partial charge in [-0.3, -0.25) is 0 Å². The third kappa shape index (κ3) is 4.00. The molecule has 0 atom stereocenters. The summed E-state index contributed by atoms with van der Waals surface area (Å²) in [4.78, 5) is 0. The molecule has 0 amide bonds. The van der Waals surface area contributed by atoms with Crippen LogP contribution in [0, 0.1) is 0 Å². The Labute approximate surface area is 292 Å². The van der Waals surface area contributed by atoms with Crippen molar-refractivity contribution in [2.45, 2.75) is 0 Å². The number of rotatable bonds is 3.